The van der Waals surface area contributed by atoms with Crippen molar-refractivity contribution < 1.29 is 12.8 Å². The summed E-state index contributed by atoms with van der Waals surface area (Å²) in [4.78, 5) is 3.27. The molecule has 1 rings (SSSR count). The number of anilines is 1. The number of nitrogens with one attached hydrogen (secondary N) is 1. The summed E-state index contributed by atoms with van der Waals surface area (Å²) >= 11 is 0. The Kier molecular flexibility index (Phi) is 2.99. The molecule has 0 aliphatic carbocycles. The van der Waals surface area contributed by atoms with E-state index in [4.69, 9.17) is 5.26 Å². The van der Waals surface area contributed by atoms with Crippen LogP contribution in [0.15, 0.2) is 18.2 Å². The molecule has 7 heteroatoms. The lowest BCUT2D eigenvalue weighted by molar-refractivity contribution is 0.585. The van der Waals surface area contributed by atoms with E-state index in [0.717, 1.165) is 6.07 Å². The van der Waals surface area contributed by atoms with Crippen LogP contribution in [0.4, 0.5) is 10.2 Å². The average Bonchev–Trinajstić information content (AvgIpc) is 2.02. The molecule has 0 saturated carbocycles. The van der Waals surface area contributed by atoms with E-state index in [0.29, 0.717) is 0 Å². The number of hydrogen-bond acceptors (Lipinski definition) is 4. The van der Waals surface area contributed by atoms with E-state index < -0.39 is 21.7 Å². The second kappa shape index (κ2) is 4.02. The number of nitrogens with zero attached hydrogens (tertiary/aromatic N) is 2. The van der Waals surface area contributed by atoms with Gasteiger partial charge in [-0.25, -0.2) is 13.4 Å². The van der Waals surface area contributed by atoms with Crippen LogP contribution in [-0.2, 0) is 10.0 Å². The van der Waals surface area contributed by atoms with E-state index in [-0.39, 0.29) is 5.82 Å². The summed E-state index contributed by atoms with van der Waals surface area (Å²) in [5.41, 5.74) is 0. The van der Waals surface area contributed by atoms with Gasteiger partial charge in [-0.1, -0.05) is 6.07 Å². The Morgan fingerprint density at radius 1 is 1.57 bits per heavy atom. The lowest BCUT2D eigenvalue weighted by Gasteiger charge is -2.02. The lowest BCUT2D eigenvalue weighted by Crippen LogP contribution is -2.16. The molecule has 14 heavy (non-hydrogen) atoms. The Morgan fingerprint density at radius 2 is 2.29 bits per heavy atom. The van der Waals surface area contributed by atoms with E-state index in [1.807, 2.05) is 4.72 Å². The normalized spacial score (nSPS) is 10.6. The van der Waals surface area contributed by atoms with Crippen LogP contribution in [-0.4, -0.2) is 19.2 Å². The smallest absolute Gasteiger partial charge is 0.247 e. The minimum atomic E-state index is -3.74. The van der Waals surface area contributed by atoms with Crippen LogP contribution in [0, 0.1) is 17.3 Å². The van der Waals surface area contributed by atoms with Crippen molar-refractivity contribution in [1.82, 2.24) is 4.98 Å². The first-order valence-corrected chi connectivity index (χ1v) is 5.19. The molecule has 0 unspecified atom stereocenters. The van der Waals surface area contributed by atoms with Crippen LogP contribution in [0.1, 0.15) is 0 Å². The molecule has 0 bridgehead atoms. The second-order valence-electron chi connectivity index (χ2n) is 2.36. The van der Waals surface area contributed by atoms with Crippen molar-refractivity contribution in [2.75, 3.05) is 10.5 Å². The summed E-state index contributed by atoms with van der Waals surface area (Å²) in [7, 11) is -3.74. The predicted octanol–water partition coefficient (Wildman–Crippen LogP) is 0.486. The third kappa shape index (κ3) is 2.99. The Labute approximate surface area is 80.2 Å². The highest BCUT2D eigenvalue weighted by atomic mass is 32.2. The summed E-state index contributed by atoms with van der Waals surface area (Å²) in [6.07, 6.45) is 0. The van der Waals surface area contributed by atoms with Gasteiger partial charge in [-0.05, 0) is 12.1 Å². The molecular weight excluding hydrogens is 209 g/mol. The average molecular weight is 215 g/mol. The van der Waals surface area contributed by atoms with E-state index in [1.165, 1.54) is 18.2 Å². The van der Waals surface area contributed by atoms with Gasteiger partial charge in [0.15, 0.2) is 5.75 Å². The fraction of sp³-hybridized carbons (Fsp3) is 0.143. The fourth-order valence-electron chi connectivity index (χ4n) is 0.745. The molecule has 1 heterocycles. The lowest BCUT2D eigenvalue weighted by atomic mass is 10.5. The first kappa shape index (κ1) is 10.4. The van der Waals surface area contributed by atoms with Crippen LogP contribution in [0.3, 0.4) is 0 Å². The third-order valence-electron chi connectivity index (χ3n) is 1.23. The molecule has 74 valence electrons. The Balaban J connectivity index is 2.85. The van der Waals surface area contributed by atoms with Gasteiger partial charge in [0.1, 0.15) is 5.82 Å². The van der Waals surface area contributed by atoms with E-state index >= 15 is 0 Å². The molecule has 0 aliphatic heterocycles. The molecule has 0 radical (unpaired) electrons. The maximum atomic E-state index is 12.5. The molecule has 0 fully saturated rings. The highest BCUT2D eigenvalue weighted by molar-refractivity contribution is 7.92. The minimum Gasteiger partial charge on any atom is -0.266 e. The summed E-state index contributed by atoms with van der Waals surface area (Å²) in [6.45, 7) is 0. The quantitative estimate of drug-likeness (QED) is 0.743. The van der Waals surface area contributed by atoms with Gasteiger partial charge >= 0.3 is 0 Å². The van der Waals surface area contributed by atoms with Gasteiger partial charge in [0, 0.05) is 0 Å². The van der Waals surface area contributed by atoms with Crippen molar-refractivity contribution in [3.63, 3.8) is 0 Å². The Bertz CT molecular complexity index is 466. The van der Waals surface area contributed by atoms with Crippen LogP contribution in [0.2, 0.25) is 0 Å². The monoisotopic (exact) mass is 215 g/mol. The van der Waals surface area contributed by atoms with Crippen LogP contribution in [0.25, 0.3) is 0 Å². The van der Waals surface area contributed by atoms with E-state index in [1.54, 1.807) is 0 Å². The van der Waals surface area contributed by atoms with Crippen molar-refractivity contribution in [2.45, 2.75) is 0 Å². The molecule has 0 amide bonds. The Hall–Kier alpha value is -1.68. The van der Waals surface area contributed by atoms with Crippen molar-refractivity contribution >= 4 is 15.8 Å². The van der Waals surface area contributed by atoms with Crippen LogP contribution in [0.5, 0.6) is 0 Å². The fourth-order valence-corrected chi connectivity index (χ4v) is 1.42. The van der Waals surface area contributed by atoms with Crippen LogP contribution < -0.4 is 4.72 Å². The highest BCUT2D eigenvalue weighted by Gasteiger charge is 2.10. The number of hydrogen-bond donors (Lipinski definition) is 1. The number of aromatic nitrogens is 1. The number of nitriles is 1. The Morgan fingerprint density at radius 3 is 2.86 bits per heavy atom. The third-order valence-corrected chi connectivity index (χ3v) is 2.26. The van der Waals surface area contributed by atoms with Crippen molar-refractivity contribution in [3.05, 3.63) is 24.1 Å². The molecule has 1 N–H and O–H groups in total. The largest absolute Gasteiger partial charge is 0.266 e. The van der Waals surface area contributed by atoms with Crippen molar-refractivity contribution in [2.24, 2.45) is 0 Å². The van der Waals surface area contributed by atoms with Crippen LogP contribution >= 0.6 is 0 Å². The number of rotatable bonds is 3. The summed E-state index contributed by atoms with van der Waals surface area (Å²) < 4.78 is 36.5. The molecule has 1 aromatic rings. The topological polar surface area (TPSA) is 82.8 Å². The molecule has 1 aromatic heterocycles. The SMILES string of the molecule is N#CCS(=O)(=O)Nc1cccc(F)n1. The number of sulfonamides is 1. The molecule has 0 aromatic carbocycles. The zero-order valence-electron chi connectivity index (χ0n) is 6.94. The van der Waals surface area contributed by atoms with Crippen molar-refractivity contribution in [1.29, 1.82) is 5.26 Å². The van der Waals surface area contributed by atoms with Gasteiger partial charge in [0.05, 0.1) is 6.07 Å². The van der Waals surface area contributed by atoms with Gasteiger partial charge in [-0.2, -0.15) is 9.65 Å². The van der Waals surface area contributed by atoms with Gasteiger partial charge in [0.2, 0.25) is 16.0 Å². The maximum Gasteiger partial charge on any atom is 0.247 e. The predicted molar refractivity (Wildman–Crippen MR) is 47.2 cm³/mol. The standard InChI is InChI=1S/C7H6FN3O2S/c8-6-2-1-3-7(10-6)11-14(12,13)5-4-9/h1-3H,5H2,(H,10,11). The molecule has 0 aliphatic rings. The minimum absolute atomic E-state index is 0.139. The molecular formula is C7H6FN3O2S. The molecule has 0 spiro atoms. The van der Waals surface area contributed by atoms with Crippen molar-refractivity contribution in [3.8, 4) is 6.07 Å². The molecule has 0 atom stereocenters. The van der Waals surface area contributed by atoms with Gasteiger partial charge in [-0.15, -0.1) is 0 Å². The van der Waals surface area contributed by atoms with Gasteiger partial charge < -0.3 is 0 Å². The summed E-state index contributed by atoms with van der Waals surface area (Å²) in [5.74, 6) is -1.62. The number of pyridine rings is 1. The van der Waals surface area contributed by atoms with Gasteiger partial charge in [-0.3, -0.25) is 4.72 Å². The zero-order valence-corrected chi connectivity index (χ0v) is 7.75. The molecule has 5 nitrogen and oxygen atoms in total. The second-order valence-corrected chi connectivity index (χ2v) is 4.09. The van der Waals surface area contributed by atoms with E-state index in [9.17, 15) is 12.8 Å². The van der Waals surface area contributed by atoms with E-state index in [2.05, 4.69) is 4.98 Å². The highest BCUT2D eigenvalue weighted by Crippen LogP contribution is 2.05. The maximum absolute atomic E-state index is 12.5. The first-order valence-electron chi connectivity index (χ1n) is 3.53. The zero-order chi connectivity index (χ0) is 10.6. The first-order chi connectivity index (χ1) is 6.53. The molecule has 0 saturated heterocycles. The summed E-state index contributed by atoms with van der Waals surface area (Å²) in [6, 6.07) is 5.16. The summed E-state index contributed by atoms with van der Waals surface area (Å²) in [5, 5.41) is 8.17. The van der Waals surface area contributed by atoms with Gasteiger partial charge in [0.25, 0.3) is 0 Å². The number of halogens is 1.